The Morgan fingerprint density at radius 3 is 2.24 bits per heavy atom. The zero-order valence-corrected chi connectivity index (χ0v) is 11.8. The van der Waals surface area contributed by atoms with Crippen molar-refractivity contribution in [3.63, 3.8) is 0 Å². The molecule has 0 spiro atoms. The van der Waals surface area contributed by atoms with Crippen LogP contribution in [-0.4, -0.2) is 24.5 Å². The lowest BCUT2D eigenvalue weighted by Crippen LogP contribution is -2.42. The molecule has 0 fully saturated rings. The molecule has 0 bridgehead atoms. The van der Waals surface area contributed by atoms with Crippen LogP contribution in [0.2, 0.25) is 0 Å². The van der Waals surface area contributed by atoms with Crippen molar-refractivity contribution in [3.05, 3.63) is 35.4 Å². The molecule has 2 heteroatoms. The minimum atomic E-state index is 0.152. The zero-order valence-electron chi connectivity index (χ0n) is 11.8. The highest BCUT2D eigenvalue weighted by molar-refractivity contribution is 5.21. The Balaban J connectivity index is 2.55. The maximum absolute atomic E-state index is 6.01. The summed E-state index contributed by atoms with van der Waals surface area (Å²) in [4.78, 5) is 2.34. The lowest BCUT2D eigenvalue weighted by atomic mass is 9.85. The molecule has 2 nitrogen and oxygen atoms in total. The number of aryl methyl sites for hydroxylation is 1. The van der Waals surface area contributed by atoms with Crippen molar-refractivity contribution in [2.45, 2.75) is 40.3 Å². The summed E-state index contributed by atoms with van der Waals surface area (Å²) in [7, 11) is 2.16. The van der Waals surface area contributed by atoms with E-state index in [1.165, 1.54) is 11.1 Å². The standard InChI is InChI=1S/C15H26N2/c1-12-6-8-14(9-7-12)10-17(5)11-15(3,4)13(2)16/h6-9,13H,10-11,16H2,1-5H3. The molecular formula is C15H26N2. The smallest absolute Gasteiger partial charge is 0.0230 e. The third kappa shape index (κ3) is 4.49. The summed E-state index contributed by atoms with van der Waals surface area (Å²) in [5.41, 5.74) is 8.83. The van der Waals surface area contributed by atoms with Gasteiger partial charge < -0.3 is 10.6 Å². The fourth-order valence-corrected chi connectivity index (χ4v) is 1.90. The molecule has 2 N–H and O–H groups in total. The number of nitrogens with zero attached hydrogens (tertiary/aromatic N) is 1. The molecule has 1 rings (SSSR count). The second-order valence-corrected chi connectivity index (χ2v) is 5.94. The van der Waals surface area contributed by atoms with E-state index in [9.17, 15) is 0 Å². The molecule has 0 radical (unpaired) electrons. The highest BCUT2D eigenvalue weighted by atomic mass is 15.1. The normalized spacial score (nSPS) is 14.1. The van der Waals surface area contributed by atoms with Gasteiger partial charge in [0.15, 0.2) is 0 Å². The van der Waals surface area contributed by atoms with Crippen molar-refractivity contribution >= 4 is 0 Å². The molecule has 0 aliphatic rings. The molecule has 1 atom stereocenters. The topological polar surface area (TPSA) is 29.3 Å². The van der Waals surface area contributed by atoms with Crippen molar-refractivity contribution in [1.29, 1.82) is 0 Å². The van der Waals surface area contributed by atoms with Crippen molar-refractivity contribution in [2.24, 2.45) is 11.1 Å². The van der Waals surface area contributed by atoms with E-state index < -0.39 is 0 Å². The van der Waals surface area contributed by atoms with E-state index in [0.29, 0.717) is 0 Å². The first-order chi connectivity index (χ1) is 7.81. The predicted molar refractivity (Wildman–Crippen MR) is 74.9 cm³/mol. The van der Waals surface area contributed by atoms with Crippen LogP contribution in [0.3, 0.4) is 0 Å². The van der Waals surface area contributed by atoms with Crippen LogP contribution in [0.4, 0.5) is 0 Å². The van der Waals surface area contributed by atoms with Gasteiger partial charge in [-0.1, -0.05) is 43.7 Å². The van der Waals surface area contributed by atoms with Gasteiger partial charge in [0.2, 0.25) is 0 Å². The van der Waals surface area contributed by atoms with E-state index >= 15 is 0 Å². The van der Waals surface area contributed by atoms with Crippen molar-refractivity contribution in [1.82, 2.24) is 4.90 Å². The lowest BCUT2D eigenvalue weighted by Gasteiger charge is -2.33. The second-order valence-electron chi connectivity index (χ2n) is 5.94. The predicted octanol–water partition coefficient (Wildman–Crippen LogP) is 2.80. The number of hydrogen-bond acceptors (Lipinski definition) is 2. The molecule has 0 heterocycles. The average molecular weight is 234 g/mol. The zero-order chi connectivity index (χ0) is 13.1. The van der Waals surface area contributed by atoms with Gasteiger partial charge in [-0.15, -0.1) is 0 Å². The van der Waals surface area contributed by atoms with E-state index in [-0.39, 0.29) is 11.5 Å². The van der Waals surface area contributed by atoms with Gasteiger partial charge in [-0.3, -0.25) is 0 Å². The average Bonchev–Trinajstić information content (AvgIpc) is 2.20. The molecular weight excluding hydrogens is 208 g/mol. The maximum Gasteiger partial charge on any atom is 0.0230 e. The van der Waals surface area contributed by atoms with E-state index in [0.717, 1.165) is 13.1 Å². The van der Waals surface area contributed by atoms with Gasteiger partial charge in [0.05, 0.1) is 0 Å². The number of hydrogen-bond donors (Lipinski definition) is 1. The molecule has 0 aliphatic carbocycles. The van der Waals surface area contributed by atoms with Crippen LogP contribution in [0, 0.1) is 12.3 Å². The van der Waals surface area contributed by atoms with Gasteiger partial charge in [-0.2, -0.15) is 0 Å². The van der Waals surface area contributed by atoms with E-state index in [1.807, 2.05) is 0 Å². The molecule has 96 valence electrons. The lowest BCUT2D eigenvalue weighted by molar-refractivity contribution is 0.178. The van der Waals surface area contributed by atoms with Gasteiger partial charge in [0.1, 0.15) is 0 Å². The van der Waals surface area contributed by atoms with Crippen LogP contribution in [0.1, 0.15) is 31.9 Å². The first-order valence-electron chi connectivity index (χ1n) is 6.31. The Morgan fingerprint density at radius 1 is 1.24 bits per heavy atom. The summed E-state index contributed by atoms with van der Waals surface area (Å²) in [6, 6.07) is 8.94. The Labute approximate surface area is 106 Å². The summed E-state index contributed by atoms with van der Waals surface area (Å²) in [6.07, 6.45) is 0. The minimum absolute atomic E-state index is 0.152. The van der Waals surface area contributed by atoms with Crippen molar-refractivity contribution in [2.75, 3.05) is 13.6 Å². The molecule has 0 aliphatic heterocycles. The molecule has 1 unspecified atom stereocenters. The first kappa shape index (κ1) is 14.2. The largest absolute Gasteiger partial charge is 0.327 e. The Bertz CT molecular complexity index is 338. The third-order valence-corrected chi connectivity index (χ3v) is 3.48. The number of nitrogens with two attached hydrogens (primary N) is 1. The fraction of sp³-hybridized carbons (Fsp3) is 0.600. The SMILES string of the molecule is Cc1ccc(CN(C)CC(C)(C)C(C)N)cc1. The quantitative estimate of drug-likeness (QED) is 0.849. The number of rotatable bonds is 5. The molecule has 1 aromatic rings. The van der Waals surface area contributed by atoms with Gasteiger partial charge in [-0.05, 0) is 31.9 Å². The van der Waals surface area contributed by atoms with Gasteiger partial charge >= 0.3 is 0 Å². The minimum Gasteiger partial charge on any atom is -0.327 e. The Hall–Kier alpha value is -0.860. The van der Waals surface area contributed by atoms with E-state index in [2.05, 4.69) is 63.9 Å². The van der Waals surface area contributed by atoms with Crippen LogP contribution in [0.5, 0.6) is 0 Å². The molecule has 1 aromatic carbocycles. The maximum atomic E-state index is 6.01. The highest BCUT2D eigenvalue weighted by Gasteiger charge is 2.24. The fourth-order valence-electron chi connectivity index (χ4n) is 1.90. The second kappa shape index (κ2) is 5.65. The van der Waals surface area contributed by atoms with Crippen molar-refractivity contribution < 1.29 is 0 Å². The monoisotopic (exact) mass is 234 g/mol. The van der Waals surface area contributed by atoms with Gasteiger partial charge in [-0.25, -0.2) is 0 Å². The van der Waals surface area contributed by atoms with E-state index in [1.54, 1.807) is 0 Å². The molecule has 0 saturated carbocycles. The summed E-state index contributed by atoms with van der Waals surface area (Å²) < 4.78 is 0. The molecule has 0 saturated heterocycles. The summed E-state index contributed by atoms with van der Waals surface area (Å²) >= 11 is 0. The highest BCUT2D eigenvalue weighted by Crippen LogP contribution is 2.20. The third-order valence-electron chi connectivity index (χ3n) is 3.48. The van der Waals surface area contributed by atoms with Crippen LogP contribution >= 0.6 is 0 Å². The molecule has 17 heavy (non-hydrogen) atoms. The summed E-state index contributed by atoms with van der Waals surface area (Å²) in [5, 5.41) is 0. The Morgan fingerprint density at radius 2 is 1.76 bits per heavy atom. The Kier molecular flexibility index (Phi) is 4.72. The first-order valence-corrected chi connectivity index (χ1v) is 6.31. The molecule has 0 aromatic heterocycles. The van der Waals surface area contributed by atoms with Crippen LogP contribution < -0.4 is 5.73 Å². The van der Waals surface area contributed by atoms with Gasteiger partial charge in [0, 0.05) is 19.1 Å². The van der Waals surface area contributed by atoms with Crippen LogP contribution in [0.25, 0.3) is 0 Å². The van der Waals surface area contributed by atoms with Crippen molar-refractivity contribution in [3.8, 4) is 0 Å². The van der Waals surface area contributed by atoms with E-state index in [4.69, 9.17) is 5.73 Å². The summed E-state index contributed by atoms with van der Waals surface area (Å²) in [6.45, 7) is 10.6. The summed E-state index contributed by atoms with van der Waals surface area (Å²) in [5.74, 6) is 0. The molecule has 0 amide bonds. The van der Waals surface area contributed by atoms with Crippen LogP contribution in [-0.2, 0) is 6.54 Å². The number of benzene rings is 1. The van der Waals surface area contributed by atoms with Crippen LogP contribution in [0.15, 0.2) is 24.3 Å². The van der Waals surface area contributed by atoms with Gasteiger partial charge in [0.25, 0.3) is 0 Å².